The van der Waals surface area contributed by atoms with Crippen molar-refractivity contribution in [2.24, 2.45) is 0 Å². The number of hydrogen-bond acceptors (Lipinski definition) is 3. The molecule has 0 saturated heterocycles. The van der Waals surface area contributed by atoms with E-state index < -0.39 is 0 Å². The summed E-state index contributed by atoms with van der Waals surface area (Å²) in [4.78, 5) is 2.41. The Kier molecular flexibility index (Phi) is 4.11. The maximum atomic E-state index is 6.03. The van der Waals surface area contributed by atoms with E-state index in [9.17, 15) is 0 Å². The van der Waals surface area contributed by atoms with E-state index in [1.54, 1.807) is 0 Å². The number of likely N-dealkylation sites (N-methyl/N-ethyl adjacent to an activating group) is 1. The van der Waals surface area contributed by atoms with Crippen molar-refractivity contribution in [2.45, 2.75) is 26.0 Å². The summed E-state index contributed by atoms with van der Waals surface area (Å²) < 4.78 is 6.03. The van der Waals surface area contributed by atoms with Crippen LogP contribution in [0.3, 0.4) is 0 Å². The first-order valence-corrected chi connectivity index (χ1v) is 7.56. The number of rotatable bonds is 5. The molecule has 1 aliphatic rings. The minimum atomic E-state index is 0.253. The van der Waals surface area contributed by atoms with Gasteiger partial charge in [0.05, 0.1) is 0 Å². The molecule has 2 N–H and O–H groups in total. The Labute approximate surface area is 126 Å². The average Bonchev–Trinajstić information content (AvgIpc) is 2.89. The smallest absolute Gasteiger partial charge is 0.123 e. The van der Waals surface area contributed by atoms with Crippen molar-refractivity contribution in [3.05, 3.63) is 59.7 Å². The van der Waals surface area contributed by atoms with E-state index in [-0.39, 0.29) is 6.10 Å². The molecule has 0 fully saturated rings. The zero-order valence-electron chi connectivity index (χ0n) is 12.5. The fourth-order valence-corrected chi connectivity index (χ4v) is 2.90. The molecule has 3 nitrogen and oxygen atoms in total. The lowest BCUT2D eigenvalue weighted by Crippen LogP contribution is -2.34. The van der Waals surface area contributed by atoms with Gasteiger partial charge in [0, 0.05) is 25.2 Å². The Hall–Kier alpha value is -2.00. The molecule has 1 aliphatic heterocycles. The first-order chi connectivity index (χ1) is 10.2. The van der Waals surface area contributed by atoms with Crippen LogP contribution in [0.5, 0.6) is 5.75 Å². The Morgan fingerprint density at radius 2 is 2.05 bits per heavy atom. The first-order valence-electron chi connectivity index (χ1n) is 7.56. The SMILES string of the molecule is CCN(Cc1cccc(N)c1)CC1Cc2ccccc2O1. The molecule has 3 heteroatoms. The minimum Gasteiger partial charge on any atom is -0.488 e. The van der Waals surface area contributed by atoms with E-state index in [1.165, 1.54) is 11.1 Å². The molecule has 0 aromatic heterocycles. The number of para-hydroxylation sites is 1. The third-order valence-corrected chi connectivity index (χ3v) is 3.98. The highest BCUT2D eigenvalue weighted by atomic mass is 16.5. The number of anilines is 1. The number of nitrogens with zero attached hydrogens (tertiary/aromatic N) is 1. The fourth-order valence-electron chi connectivity index (χ4n) is 2.90. The first kappa shape index (κ1) is 14.0. The van der Waals surface area contributed by atoms with Gasteiger partial charge in [-0.05, 0) is 35.9 Å². The number of hydrogen-bond donors (Lipinski definition) is 1. The Morgan fingerprint density at radius 1 is 1.19 bits per heavy atom. The van der Waals surface area contributed by atoms with Gasteiger partial charge in [0.2, 0.25) is 0 Å². The van der Waals surface area contributed by atoms with Crippen molar-refractivity contribution in [3.63, 3.8) is 0 Å². The van der Waals surface area contributed by atoms with Crippen molar-refractivity contribution in [2.75, 3.05) is 18.8 Å². The van der Waals surface area contributed by atoms with Gasteiger partial charge in [-0.3, -0.25) is 4.90 Å². The van der Waals surface area contributed by atoms with Gasteiger partial charge in [0.25, 0.3) is 0 Å². The van der Waals surface area contributed by atoms with E-state index >= 15 is 0 Å². The van der Waals surface area contributed by atoms with Gasteiger partial charge in [0.15, 0.2) is 0 Å². The molecule has 0 amide bonds. The van der Waals surface area contributed by atoms with Crippen LogP contribution in [0.25, 0.3) is 0 Å². The predicted octanol–water partition coefficient (Wildman–Crippen LogP) is 3.09. The summed E-state index contributed by atoms with van der Waals surface area (Å²) in [5, 5.41) is 0. The Bertz CT molecular complexity index is 587. The highest BCUT2D eigenvalue weighted by Gasteiger charge is 2.24. The van der Waals surface area contributed by atoms with E-state index in [2.05, 4.69) is 36.1 Å². The molecule has 2 aromatic carbocycles. The molecular weight excluding hydrogens is 260 g/mol. The highest BCUT2D eigenvalue weighted by Crippen LogP contribution is 2.28. The van der Waals surface area contributed by atoms with Gasteiger partial charge in [-0.15, -0.1) is 0 Å². The van der Waals surface area contributed by atoms with Gasteiger partial charge in [-0.2, -0.15) is 0 Å². The van der Waals surface area contributed by atoms with Gasteiger partial charge in [-0.25, -0.2) is 0 Å². The van der Waals surface area contributed by atoms with Crippen molar-refractivity contribution in [1.29, 1.82) is 0 Å². The van der Waals surface area contributed by atoms with Crippen LogP contribution in [-0.2, 0) is 13.0 Å². The number of benzene rings is 2. The highest BCUT2D eigenvalue weighted by molar-refractivity contribution is 5.40. The van der Waals surface area contributed by atoms with Crippen LogP contribution in [0.15, 0.2) is 48.5 Å². The second kappa shape index (κ2) is 6.19. The van der Waals surface area contributed by atoms with E-state index in [0.29, 0.717) is 0 Å². The molecule has 1 unspecified atom stereocenters. The topological polar surface area (TPSA) is 38.5 Å². The van der Waals surface area contributed by atoms with E-state index in [0.717, 1.165) is 37.5 Å². The van der Waals surface area contributed by atoms with Gasteiger partial charge < -0.3 is 10.5 Å². The van der Waals surface area contributed by atoms with Crippen LogP contribution >= 0.6 is 0 Å². The molecule has 3 rings (SSSR count). The average molecular weight is 282 g/mol. The lowest BCUT2D eigenvalue weighted by atomic mass is 10.1. The van der Waals surface area contributed by atoms with Gasteiger partial charge in [-0.1, -0.05) is 37.3 Å². The number of nitrogens with two attached hydrogens (primary N) is 1. The quantitative estimate of drug-likeness (QED) is 0.856. The summed E-state index contributed by atoms with van der Waals surface area (Å²) in [5.74, 6) is 1.04. The molecule has 1 heterocycles. The fraction of sp³-hybridized carbons (Fsp3) is 0.333. The lowest BCUT2D eigenvalue weighted by molar-refractivity contribution is 0.150. The largest absolute Gasteiger partial charge is 0.488 e. The molecule has 0 saturated carbocycles. The normalized spacial score (nSPS) is 16.8. The molecule has 0 radical (unpaired) electrons. The molecule has 0 aliphatic carbocycles. The molecule has 21 heavy (non-hydrogen) atoms. The Morgan fingerprint density at radius 3 is 2.81 bits per heavy atom. The van der Waals surface area contributed by atoms with Crippen LogP contribution < -0.4 is 10.5 Å². The standard InChI is InChI=1S/C18H22N2O/c1-2-20(12-14-6-5-8-16(19)10-14)13-17-11-15-7-3-4-9-18(15)21-17/h3-10,17H,2,11-13,19H2,1H3. The monoisotopic (exact) mass is 282 g/mol. The Balaban J connectivity index is 1.61. The molecule has 1 atom stereocenters. The lowest BCUT2D eigenvalue weighted by Gasteiger charge is -2.24. The zero-order chi connectivity index (χ0) is 14.7. The zero-order valence-corrected chi connectivity index (χ0v) is 12.5. The number of fused-ring (bicyclic) bond motifs is 1. The van der Waals surface area contributed by atoms with E-state index in [4.69, 9.17) is 10.5 Å². The molecule has 0 spiro atoms. The maximum absolute atomic E-state index is 6.03. The summed E-state index contributed by atoms with van der Waals surface area (Å²) in [6.45, 7) is 5.05. The minimum absolute atomic E-state index is 0.253. The van der Waals surface area contributed by atoms with Crippen LogP contribution in [0.2, 0.25) is 0 Å². The predicted molar refractivity (Wildman–Crippen MR) is 86.4 cm³/mol. The molecular formula is C18H22N2O. The summed E-state index contributed by atoms with van der Waals surface area (Å²) in [5.41, 5.74) is 9.26. The third kappa shape index (κ3) is 3.37. The second-order valence-corrected chi connectivity index (χ2v) is 5.62. The summed E-state index contributed by atoms with van der Waals surface area (Å²) >= 11 is 0. The molecule has 2 aromatic rings. The van der Waals surface area contributed by atoms with Crippen LogP contribution in [-0.4, -0.2) is 24.1 Å². The van der Waals surface area contributed by atoms with Crippen LogP contribution in [0.4, 0.5) is 5.69 Å². The van der Waals surface area contributed by atoms with Crippen molar-refractivity contribution in [1.82, 2.24) is 4.90 Å². The molecule has 0 bridgehead atoms. The third-order valence-electron chi connectivity index (χ3n) is 3.98. The van der Waals surface area contributed by atoms with Crippen molar-refractivity contribution >= 4 is 5.69 Å². The maximum Gasteiger partial charge on any atom is 0.123 e. The van der Waals surface area contributed by atoms with E-state index in [1.807, 2.05) is 24.3 Å². The number of nitrogen functional groups attached to an aromatic ring is 1. The van der Waals surface area contributed by atoms with Crippen LogP contribution in [0, 0.1) is 0 Å². The summed E-state index contributed by atoms with van der Waals surface area (Å²) in [6, 6.07) is 16.4. The second-order valence-electron chi connectivity index (χ2n) is 5.62. The van der Waals surface area contributed by atoms with Crippen LogP contribution in [0.1, 0.15) is 18.1 Å². The van der Waals surface area contributed by atoms with Gasteiger partial charge in [0.1, 0.15) is 11.9 Å². The molecule has 110 valence electrons. The van der Waals surface area contributed by atoms with Gasteiger partial charge >= 0.3 is 0 Å². The summed E-state index contributed by atoms with van der Waals surface area (Å²) in [7, 11) is 0. The van der Waals surface area contributed by atoms with Crippen molar-refractivity contribution < 1.29 is 4.74 Å². The summed E-state index contributed by atoms with van der Waals surface area (Å²) in [6.07, 6.45) is 1.26. The van der Waals surface area contributed by atoms with Crippen molar-refractivity contribution in [3.8, 4) is 5.75 Å². The number of ether oxygens (including phenoxy) is 1.